The molecular weight excluding hydrogens is 426 g/mol. The SMILES string of the molecule is CN(C(=O)COc1ccc(Br)cc1Br)[C@@H]1CCS(=O)(=O)C1. The molecule has 21 heavy (non-hydrogen) atoms. The molecule has 0 N–H and O–H groups in total. The van der Waals surface area contributed by atoms with Crippen LogP contribution >= 0.6 is 31.9 Å². The number of halogens is 2. The molecule has 0 aliphatic carbocycles. The highest BCUT2D eigenvalue weighted by Crippen LogP contribution is 2.28. The second kappa shape index (κ2) is 6.66. The molecule has 0 spiro atoms. The number of hydrogen-bond donors (Lipinski definition) is 0. The lowest BCUT2D eigenvalue weighted by Gasteiger charge is -2.23. The van der Waals surface area contributed by atoms with E-state index in [-0.39, 0.29) is 30.1 Å². The van der Waals surface area contributed by atoms with Gasteiger partial charge < -0.3 is 9.64 Å². The Labute approximate surface area is 140 Å². The molecule has 0 radical (unpaired) electrons. The van der Waals surface area contributed by atoms with Crippen molar-refractivity contribution < 1.29 is 17.9 Å². The van der Waals surface area contributed by atoms with Crippen LogP contribution in [0.5, 0.6) is 5.75 Å². The highest BCUT2D eigenvalue weighted by Gasteiger charge is 2.32. The van der Waals surface area contributed by atoms with Gasteiger partial charge in [-0.25, -0.2) is 8.42 Å². The number of rotatable bonds is 4. The molecule has 0 unspecified atom stereocenters. The number of likely N-dealkylation sites (N-methyl/N-ethyl adjacent to an activating group) is 1. The zero-order chi connectivity index (χ0) is 15.6. The molecule has 0 aromatic heterocycles. The molecule has 1 fully saturated rings. The molecule has 1 amide bonds. The zero-order valence-corrected chi connectivity index (χ0v) is 15.4. The maximum atomic E-state index is 12.1. The van der Waals surface area contributed by atoms with E-state index in [1.54, 1.807) is 13.1 Å². The van der Waals surface area contributed by atoms with Gasteiger partial charge in [0.1, 0.15) is 5.75 Å². The van der Waals surface area contributed by atoms with Crippen molar-refractivity contribution in [3.63, 3.8) is 0 Å². The summed E-state index contributed by atoms with van der Waals surface area (Å²) in [5.74, 6) is 0.525. The normalized spacial score (nSPS) is 20.2. The summed E-state index contributed by atoms with van der Waals surface area (Å²) in [6.45, 7) is -0.118. The number of nitrogens with zero attached hydrogens (tertiary/aromatic N) is 1. The Hall–Kier alpha value is -0.600. The second-order valence-electron chi connectivity index (χ2n) is 4.92. The Balaban J connectivity index is 1.92. The number of ether oxygens (including phenoxy) is 1. The summed E-state index contributed by atoms with van der Waals surface area (Å²) in [5, 5.41) is 0. The van der Waals surface area contributed by atoms with Crippen molar-refractivity contribution in [2.24, 2.45) is 0 Å². The van der Waals surface area contributed by atoms with Gasteiger partial charge in [-0.2, -0.15) is 0 Å². The van der Waals surface area contributed by atoms with E-state index < -0.39 is 9.84 Å². The third kappa shape index (κ3) is 4.43. The largest absolute Gasteiger partial charge is 0.483 e. The van der Waals surface area contributed by atoms with E-state index in [9.17, 15) is 13.2 Å². The highest BCUT2D eigenvalue weighted by molar-refractivity contribution is 9.11. The van der Waals surface area contributed by atoms with Crippen LogP contribution in [0.15, 0.2) is 27.1 Å². The van der Waals surface area contributed by atoms with E-state index in [2.05, 4.69) is 31.9 Å². The average molecular weight is 441 g/mol. The van der Waals surface area contributed by atoms with Gasteiger partial charge in [-0.15, -0.1) is 0 Å². The molecule has 0 bridgehead atoms. The molecule has 1 aliphatic heterocycles. The first-order valence-electron chi connectivity index (χ1n) is 6.32. The number of carbonyl (C=O) groups is 1. The van der Waals surface area contributed by atoms with Crippen LogP contribution in [0.2, 0.25) is 0 Å². The Kier molecular flexibility index (Phi) is 5.32. The molecule has 1 aromatic carbocycles. The van der Waals surface area contributed by atoms with E-state index in [4.69, 9.17) is 4.74 Å². The smallest absolute Gasteiger partial charge is 0.260 e. The summed E-state index contributed by atoms with van der Waals surface area (Å²) < 4.78 is 30.0. The minimum Gasteiger partial charge on any atom is -0.483 e. The summed E-state index contributed by atoms with van der Waals surface area (Å²) in [7, 11) is -1.38. The standard InChI is InChI=1S/C13H15Br2NO4S/c1-16(10-4-5-21(18,19)8-10)13(17)7-20-12-3-2-9(14)6-11(12)15/h2-3,6,10H,4-5,7-8H2,1H3/t10-/m1/s1. The lowest BCUT2D eigenvalue weighted by atomic mass is 10.2. The van der Waals surface area contributed by atoms with Crippen LogP contribution < -0.4 is 4.74 Å². The van der Waals surface area contributed by atoms with Crippen LogP contribution in [0.1, 0.15) is 6.42 Å². The van der Waals surface area contributed by atoms with Crippen LogP contribution in [-0.2, 0) is 14.6 Å². The summed E-state index contributed by atoms with van der Waals surface area (Å²) in [6, 6.07) is 5.14. The van der Waals surface area contributed by atoms with Gasteiger partial charge in [-0.1, -0.05) is 15.9 Å². The van der Waals surface area contributed by atoms with Crippen LogP contribution in [0, 0.1) is 0 Å². The molecule has 1 aromatic rings. The number of benzene rings is 1. The lowest BCUT2D eigenvalue weighted by Crippen LogP contribution is -2.40. The quantitative estimate of drug-likeness (QED) is 0.720. The van der Waals surface area contributed by atoms with Gasteiger partial charge in [0, 0.05) is 17.6 Å². The van der Waals surface area contributed by atoms with E-state index in [1.165, 1.54) is 4.90 Å². The Morgan fingerprint density at radius 1 is 1.43 bits per heavy atom. The monoisotopic (exact) mass is 439 g/mol. The van der Waals surface area contributed by atoms with Crippen molar-refractivity contribution in [3.8, 4) is 5.75 Å². The van der Waals surface area contributed by atoms with Gasteiger partial charge in [-0.3, -0.25) is 4.79 Å². The van der Waals surface area contributed by atoms with E-state index in [0.717, 1.165) is 8.95 Å². The molecule has 0 saturated carbocycles. The highest BCUT2D eigenvalue weighted by atomic mass is 79.9. The fourth-order valence-electron chi connectivity index (χ4n) is 2.12. The third-order valence-electron chi connectivity index (χ3n) is 3.39. The van der Waals surface area contributed by atoms with Gasteiger partial charge >= 0.3 is 0 Å². The number of hydrogen-bond acceptors (Lipinski definition) is 4. The Morgan fingerprint density at radius 3 is 2.71 bits per heavy atom. The molecule has 8 heteroatoms. The number of carbonyl (C=O) groups excluding carboxylic acids is 1. The Morgan fingerprint density at radius 2 is 2.14 bits per heavy atom. The predicted octanol–water partition coefficient (Wildman–Crippen LogP) is 2.24. The zero-order valence-electron chi connectivity index (χ0n) is 11.4. The minimum absolute atomic E-state index is 0.0389. The van der Waals surface area contributed by atoms with Gasteiger partial charge in [-0.05, 0) is 40.5 Å². The second-order valence-corrected chi connectivity index (χ2v) is 8.92. The maximum Gasteiger partial charge on any atom is 0.260 e. The van der Waals surface area contributed by atoms with Crippen molar-refractivity contribution in [3.05, 3.63) is 27.1 Å². The van der Waals surface area contributed by atoms with E-state index >= 15 is 0 Å². The number of amides is 1. The van der Waals surface area contributed by atoms with Crippen molar-refractivity contribution >= 4 is 47.6 Å². The van der Waals surface area contributed by atoms with Gasteiger partial charge in [0.05, 0.1) is 16.0 Å². The topological polar surface area (TPSA) is 63.7 Å². The molecule has 1 heterocycles. The molecule has 116 valence electrons. The molecule has 5 nitrogen and oxygen atoms in total. The maximum absolute atomic E-state index is 12.1. The fourth-order valence-corrected chi connectivity index (χ4v) is 5.05. The fraction of sp³-hybridized carbons (Fsp3) is 0.462. The minimum atomic E-state index is -3.00. The van der Waals surface area contributed by atoms with E-state index in [1.807, 2.05) is 12.1 Å². The molecule has 1 aliphatic rings. The first kappa shape index (κ1) is 16.8. The first-order chi connectivity index (χ1) is 9.78. The van der Waals surface area contributed by atoms with Gasteiger partial charge in [0.25, 0.3) is 5.91 Å². The van der Waals surface area contributed by atoms with Crippen LogP contribution in [0.25, 0.3) is 0 Å². The van der Waals surface area contributed by atoms with Crippen LogP contribution in [0.3, 0.4) is 0 Å². The molecule has 1 saturated heterocycles. The average Bonchev–Trinajstić information content (AvgIpc) is 2.77. The predicted molar refractivity (Wildman–Crippen MR) is 87.2 cm³/mol. The van der Waals surface area contributed by atoms with Crippen molar-refractivity contribution in [1.82, 2.24) is 4.90 Å². The summed E-state index contributed by atoms with van der Waals surface area (Å²) >= 11 is 6.69. The van der Waals surface area contributed by atoms with Crippen molar-refractivity contribution in [2.75, 3.05) is 25.2 Å². The summed E-state index contributed by atoms with van der Waals surface area (Å²) in [6.07, 6.45) is 0.493. The van der Waals surface area contributed by atoms with Gasteiger partial charge in [0.2, 0.25) is 0 Å². The lowest BCUT2D eigenvalue weighted by molar-refractivity contribution is -0.133. The van der Waals surface area contributed by atoms with Crippen LogP contribution in [-0.4, -0.2) is 50.4 Å². The van der Waals surface area contributed by atoms with E-state index in [0.29, 0.717) is 12.2 Å². The third-order valence-corrected chi connectivity index (χ3v) is 6.26. The molecular formula is C13H15Br2NO4S. The number of sulfone groups is 1. The van der Waals surface area contributed by atoms with Crippen molar-refractivity contribution in [1.29, 1.82) is 0 Å². The summed E-state index contributed by atoms with van der Waals surface area (Å²) in [5.41, 5.74) is 0. The summed E-state index contributed by atoms with van der Waals surface area (Å²) in [4.78, 5) is 13.5. The van der Waals surface area contributed by atoms with Crippen molar-refractivity contribution in [2.45, 2.75) is 12.5 Å². The molecule has 1 atom stereocenters. The Bertz CT molecular complexity index is 648. The van der Waals surface area contributed by atoms with Gasteiger partial charge in [0.15, 0.2) is 16.4 Å². The van der Waals surface area contributed by atoms with Crippen LogP contribution in [0.4, 0.5) is 0 Å². The molecule has 2 rings (SSSR count). The first-order valence-corrected chi connectivity index (χ1v) is 9.73.